The maximum absolute atomic E-state index is 11.6. The quantitative estimate of drug-likeness (QED) is 0.454. The molecule has 34 heavy (non-hydrogen) atoms. The summed E-state index contributed by atoms with van der Waals surface area (Å²) in [4.78, 5) is 0. The van der Waals surface area contributed by atoms with E-state index < -0.39 is 0 Å². The van der Waals surface area contributed by atoms with Crippen molar-refractivity contribution in [3.05, 3.63) is 52.1 Å². The Hall–Kier alpha value is -1.76. The molecule has 1 nitrogen and oxygen atoms in total. The fraction of sp³-hybridized carbons (Fsp3) is 0.636. The van der Waals surface area contributed by atoms with E-state index in [1.54, 1.807) is 0 Å². The zero-order valence-electron chi connectivity index (χ0n) is 22.7. The van der Waals surface area contributed by atoms with Crippen LogP contribution in [0.5, 0.6) is 5.75 Å². The largest absolute Gasteiger partial charge is 0.507 e. The second-order valence-electron chi connectivity index (χ2n) is 12.2. The molecule has 0 amide bonds. The molecule has 0 aliphatic heterocycles. The third kappa shape index (κ3) is 5.24. The maximum atomic E-state index is 11.6. The summed E-state index contributed by atoms with van der Waals surface area (Å²) in [5.74, 6) is 3.12. The van der Waals surface area contributed by atoms with Crippen LogP contribution in [0.3, 0.4) is 0 Å². The summed E-state index contributed by atoms with van der Waals surface area (Å²) in [6.07, 6.45) is 12.8. The fourth-order valence-electron chi connectivity index (χ4n) is 6.56. The van der Waals surface area contributed by atoms with Crippen LogP contribution in [0.4, 0.5) is 0 Å². The lowest BCUT2D eigenvalue weighted by Crippen LogP contribution is -2.10. The van der Waals surface area contributed by atoms with Crippen molar-refractivity contribution in [2.75, 3.05) is 0 Å². The van der Waals surface area contributed by atoms with Gasteiger partial charge in [0.15, 0.2) is 0 Å². The topological polar surface area (TPSA) is 20.2 Å². The van der Waals surface area contributed by atoms with Gasteiger partial charge in [0.2, 0.25) is 0 Å². The smallest absolute Gasteiger partial charge is 0.122 e. The summed E-state index contributed by atoms with van der Waals surface area (Å²) in [5, 5.41) is 11.6. The van der Waals surface area contributed by atoms with Crippen LogP contribution < -0.4 is 0 Å². The zero-order valence-corrected chi connectivity index (χ0v) is 22.7. The lowest BCUT2D eigenvalue weighted by Gasteiger charge is -2.30. The molecule has 2 aliphatic carbocycles. The molecular weight excluding hydrogens is 412 g/mol. The average Bonchev–Trinajstić information content (AvgIpc) is 2.84. The molecule has 2 fully saturated rings. The van der Waals surface area contributed by atoms with Gasteiger partial charge in [-0.15, -0.1) is 0 Å². The van der Waals surface area contributed by atoms with Crippen LogP contribution in [-0.4, -0.2) is 5.11 Å². The lowest BCUT2D eigenvalue weighted by atomic mass is 9.76. The highest BCUT2D eigenvalue weighted by atomic mass is 16.3. The molecule has 186 valence electrons. The van der Waals surface area contributed by atoms with E-state index in [4.69, 9.17) is 0 Å². The predicted octanol–water partition coefficient (Wildman–Crippen LogP) is 10.5. The highest BCUT2D eigenvalue weighted by Crippen LogP contribution is 2.48. The average molecular weight is 461 g/mol. The molecule has 0 spiro atoms. The Kier molecular flexibility index (Phi) is 8.11. The summed E-state index contributed by atoms with van der Waals surface area (Å²) in [5.41, 5.74) is 9.71. The molecule has 2 aromatic carbocycles. The van der Waals surface area contributed by atoms with Crippen molar-refractivity contribution < 1.29 is 5.11 Å². The Labute approximate surface area is 209 Å². The number of phenols is 1. The van der Waals surface area contributed by atoms with Crippen molar-refractivity contribution in [2.45, 2.75) is 135 Å². The van der Waals surface area contributed by atoms with E-state index in [-0.39, 0.29) is 0 Å². The molecule has 0 atom stereocenters. The van der Waals surface area contributed by atoms with Crippen LogP contribution >= 0.6 is 0 Å². The Morgan fingerprint density at radius 3 is 1.35 bits per heavy atom. The molecule has 0 unspecified atom stereocenters. The SMILES string of the molecule is CC(C)c1cc(C(C)C)c(-c2cc(C3CCCCC3)c(O)c(C3CCCCC3)c2)c(C(C)C)c1. The van der Waals surface area contributed by atoms with Gasteiger partial charge in [0.05, 0.1) is 0 Å². The third-order valence-electron chi connectivity index (χ3n) is 8.68. The molecular formula is C33H48O. The molecule has 0 aromatic heterocycles. The van der Waals surface area contributed by atoms with Crippen LogP contribution in [-0.2, 0) is 0 Å². The van der Waals surface area contributed by atoms with Gasteiger partial charge in [-0.25, -0.2) is 0 Å². The second kappa shape index (κ2) is 10.9. The minimum atomic E-state index is 0.469. The molecule has 0 heterocycles. The molecule has 2 saturated carbocycles. The molecule has 0 bridgehead atoms. The fourth-order valence-corrected chi connectivity index (χ4v) is 6.56. The minimum absolute atomic E-state index is 0.469. The van der Waals surface area contributed by atoms with Crippen molar-refractivity contribution in [3.63, 3.8) is 0 Å². The number of benzene rings is 2. The Morgan fingerprint density at radius 1 is 0.588 bits per heavy atom. The van der Waals surface area contributed by atoms with E-state index in [1.807, 2.05) is 0 Å². The molecule has 2 aromatic rings. The predicted molar refractivity (Wildman–Crippen MR) is 147 cm³/mol. The van der Waals surface area contributed by atoms with E-state index in [2.05, 4.69) is 65.8 Å². The maximum Gasteiger partial charge on any atom is 0.122 e. The molecule has 4 rings (SSSR count). The van der Waals surface area contributed by atoms with E-state index in [1.165, 1.54) is 103 Å². The molecule has 0 saturated heterocycles. The van der Waals surface area contributed by atoms with Crippen LogP contribution in [0.1, 0.15) is 163 Å². The number of phenolic OH excluding ortho intramolecular Hbond substituents is 1. The highest BCUT2D eigenvalue weighted by molar-refractivity contribution is 5.76. The first-order valence-corrected chi connectivity index (χ1v) is 14.3. The highest BCUT2D eigenvalue weighted by Gasteiger charge is 2.27. The van der Waals surface area contributed by atoms with Crippen LogP contribution in [0.15, 0.2) is 24.3 Å². The van der Waals surface area contributed by atoms with Gasteiger partial charge in [-0.3, -0.25) is 0 Å². The van der Waals surface area contributed by atoms with Gasteiger partial charge < -0.3 is 5.11 Å². The number of aromatic hydroxyl groups is 1. The normalized spacial score (nSPS) is 18.4. The van der Waals surface area contributed by atoms with Gasteiger partial charge >= 0.3 is 0 Å². The van der Waals surface area contributed by atoms with E-state index in [0.717, 1.165) is 0 Å². The summed E-state index contributed by atoms with van der Waals surface area (Å²) >= 11 is 0. The second-order valence-corrected chi connectivity index (χ2v) is 12.2. The first-order chi connectivity index (χ1) is 16.3. The van der Waals surface area contributed by atoms with Crippen molar-refractivity contribution in [1.29, 1.82) is 0 Å². The minimum Gasteiger partial charge on any atom is -0.507 e. The van der Waals surface area contributed by atoms with Crippen molar-refractivity contribution >= 4 is 0 Å². The standard InChI is InChI=1S/C33H48O/c1-21(2)26-17-28(22(3)4)32(29(18-26)23(5)6)27-19-30(24-13-9-7-10-14-24)33(34)31(20-27)25-15-11-8-12-16-25/h17-25,34H,7-16H2,1-6H3. The van der Waals surface area contributed by atoms with Gasteiger partial charge in [-0.1, -0.05) is 92.2 Å². The summed E-state index contributed by atoms with van der Waals surface area (Å²) in [7, 11) is 0. The van der Waals surface area contributed by atoms with Gasteiger partial charge in [0.25, 0.3) is 0 Å². The van der Waals surface area contributed by atoms with E-state index in [9.17, 15) is 5.11 Å². The molecule has 0 radical (unpaired) electrons. The van der Waals surface area contributed by atoms with Gasteiger partial charge in [0, 0.05) is 0 Å². The van der Waals surface area contributed by atoms with Gasteiger partial charge in [-0.05, 0) is 106 Å². The number of hydrogen-bond acceptors (Lipinski definition) is 1. The van der Waals surface area contributed by atoms with Crippen LogP contribution in [0.2, 0.25) is 0 Å². The van der Waals surface area contributed by atoms with E-state index in [0.29, 0.717) is 35.3 Å². The lowest BCUT2D eigenvalue weighted by molar-refractivity contribution is 0.393. The summed E-state index contributed by atoms with van der Waals surface area (Å²) in [6, 6.07) is 9.76. The monoisotopic (exact) mass is 460 g/mol. The van der Waals surface area contributed by atoms with Crippen molar-refractivity contribution in [1.82, 2.24) is 0 Å². The van der Waals surface area contributed by atoms with Crippen molar-refractivity contribution in [3.8, 4) is 16.9 Å². The number of rotatable bonds is 6. The van der Waals surface area contributed by atoms with Gasteiger partial charge in [-0.2, -0.15) is 0 Å². The van der Waals surface area contributed by atoms with Gasteiger partial charge in [0.1, 0.15) is 5.75 Å². The Morgan fingerprint density at radius 2 is 1.00 bits per heavy atom. The van der Waals surface area contributed by atoms with Crippen LogP contribution in [0, 0.1) is 0 Å². The van der Waals surface area contributed by atoms with Crippen LogP contribution in [0.25, 0.3) is 11.1 Å². The van der Waals surface area contributed by atoms with E-state index >= 15 is 0 Å². The molecule has 2 aliphatic rings. The molecule has 1 N–H and O–H groups in total. The Bertz CT molecular complexity index is 900. The van der Waals surface area contributed by atoms with Crippen molar-refractivity contribution in [2.24, 2.45) is 0 Å². The number of hydrogen-bond donors (Lipinski definition) is 1. The Balaban J connectivity index is 1.96. The zero-order chi connectivity index (χ0) is 24.4. The summed E-state index contributed by atoms with van der Waals surface area (Å²) in [6.45, 7) is 14.0. The first-order valence-electron chi connectivity index (χ1n) is 14.3. The summed E-state index contributed by atoms with van der Waals surface area (Å²) < 4.78 is 0. The first kappa shape index (κ1) is 25.3. The third-order valence-corrected chi connectivity index (χ3v) is 8.68. The molecule has 1 heteroatoms.